The molecule has 0 aliphatic carbocycles. The third-order valence-corrected chi connectivity index (χ3v) is 2.80. The number of halogens is 2. The van der Waals surface area contributed by atoms with E-state index in [1.807, 2.05) is 0 Å². The summed E-state index contributed by atoms with van der Waals surface area (Å²) in [5.74, 6) is -0.0774. The molecular weight excluding hydrogens is 283 g/mol. The van der Waals surface area contributed by atoms with E-state index in [-0.39, 0.29) is 18.3 Å². The van der Waals surface area contributed by atoms with Gasteiger partial charge in [0.05, 0.1) is 13.1 Å². The maximum absolute atomic E-state index is 13.1. The number of amides is 1. The molecule has 7 heteroatoms. The van der Waals surface area contributed by atoms with E-state index in [2.05, 4.69) is 15.4 Å². The van der Waals surface area contributed by atoms with Gasteiger partial charge in [-0.2, -0.15) is 5.10 Å². The number of aromatic nitrogens is 3. The van der Waals surface area contributed by atoms with Gasteiger partial charge in [0, 0.05) is 0 Å². The Balaban J connectivity index is 1.94. The first-order valence-corrected chi connectivity index (χ1v) is 6.53. The summed E-state index contributed by atoms with van der Waals surface area (Å²) in [7, 11) is 0. The molecule has 106 valence electrons. The molecule has 0 fully saturated rings. The number of carbonyl (C=O) groups excluding carboxylic acids is 1. The van der Waals surface area contributed by atoms with Crippen molar-refractivity contribution in [3.05, 3.63) is 47.8 Å². The summed E-state index contributed by atoms with van der Waals surface area (Å²) < 4.78 is 14.6. The molecule has 2 aromatic rings. The minimum Gasteiger partial charge on any atom is -0.347 e. The fourth-order valence-electron chi connectivity index (χ4n) is 1.62. The Kier molecular flexibility index (Phi) is 4.68. The highest BCUT2D eigenvalue weighted by Crippen LogP contribution is 2.05. The second-order valence-electron chi connectivity index (χ2n) is 4.32. The van der Waals surface area contributed by atoms with Crippen LogP contribution in [0.25, 0.3) is 0 Å². The van der Waals surface area contributed by atoms with Crippen LogP contribution in [0.2, 0.25) is 0 Å². The van der Waals surface area contributed by atoms with E-state index < -0.39 is 5.38 Å². The van der Waals surface area contributed by atoms with Crippen molar-refractivity contribution in [1.82, 2.24) is 20.1 Å². The molecule has 0 radical (unpaired) electrons. The van der Waals surface area contributed by atoms with Crippen molar-refractivity contribution in [2.45, 2.75) is 25.4 Å². The van der Waals surface area contributed by atoms with Gasteiger partial charge in [-0.25, -0.2) is 14.1 Å². The Labute approximate surface area is 120 Å². The number of carbonyl (C=O) groups is 1. The predicted octanol–water partition coefficient (Wildman–Crippen LogP) is 1.71. The van der Waals surface area contributed by atoms with E-state index in [0.717, 1.165) is 5.56 Å². The molecule has 0 saturated carbocycles. The highest BCUT2D eigenvalue weighted by Gasteiger charge is 2.09. The molecule has 1 heterocycles. The molecule has 1 aromatic heterocycles. The number of benzene rings is 1. The van der Waals surface area contributed by atoms with Gasteiger partial charge in [0.2, 0.25) is 5.91 Å². The second kappa shape index (κ2) is 6.47. The molecule has 1 unspecified atom stereocenters. The molecule has 0 saturated heterocycles. The maximum Gasteiger partial charge on any atom is 0.238 e. The van der Waals surface area contributed by atoms with Crippen LogP contribution < -0.4 is 5.32 Å². The second-order valence-corrected chi connectivity index (χ2v) is 4.98. The van der Waals surface area contributed by atoms with E-state index in [0.29, 0.717) is 12.4 Å². The number of nitrogens with one attached hydrogen (secondary N) is 1. The molecule has 2 rings (SSSR count). The van der Waals surface area contributed by atoms with Crippen LogP contribution in [-0.2, 0) is 17.9 Å². The maximum atomic E-state index is 13.1. The molecule has 0 aliphatic rings. The van der Waals surface area contributed by atoms with Gasteiger partial charge in [-0.05, 0) is 24.6 Å². The first-order chi connectivity index (χ1) is 9.54. The first kappa shape index (κ1) is 14.5. The summed E-state index contributed by atoms with van der Waals surface area (Å²) in [5, 5.41) is 6.21. The molecule has 1 atom stereocenters. The van der Waals surface area contributed by atoms with Crippen molar-refractivity contribution >= 4 is 17.5 Å². The van der Waals surface area contributed by atoms with Crippen molar-refractivity contribution in [2.75, 3.05) is 0 Å². The molecule has 1 amide bonds. The van der Waals surface area contributed by atoms with E-state index in [9.17, 15) is 9.18 Å². The zero-order valence-corrected chi connectivity index (χ0v) is 11.6. The highest BCUT2D eigenvalue weighted by atomic mass is 35.5. The minimum atomic E-state index is -0.593. The number of rotatable bonds is 5. The summed E-state index contributed by atoms with van der Waals surface area (Å²) in [6, 6.07) is 6.28. The van der Waals surface area contributed by atoms with Gasteiger partial charge in [-0.1, -0.05) is 12.1 Å². The van der Waals surface area contributed by atoms with Crippen LogP contribution in [0, 0.1) is 5.82 Å². The van der Waals surface area contributed by atoms with Crippen LogP contribution in [0.1, 0.15) is 18.3 Å². The molecule has 0 aliphatic heterocycles. The third-order valence-electron chi connectivity index (χ3n) is 2.60. The lowest BCUT2D eigenvalue weighted by Crippen LogP contribution is -2.29. The summed E-state index contributed by atoms with van der Waals surface area (Å²) in [4.78, 5) is 15.4. The van der Waals surface area contributed by atoms with Gasteiger partial charge in [0.1, 0.15) is 17.5 Å². The topological polar surface area (TPSA) is 59.8 Å². The fourth-order valence-corrected chi connectivity index (χ4v) is 1.70. The predicted molar refractivity (Wildman–Crippen MR) is 72.7 cm³/mol. The van der Waals surface area contributed by atoms with Gasteiger partial charge in [-0.15, -0.1) is 11.6 Å². The first-order valence-electron chi connectivity index (χ1n) is 6.09. The Hall–Kier alpha value is -1.95. The van der Waals surface area contributed by atoms with Crippen LogP contribution >= 0.6 is 11.6 Å². The van der Waals surface area contributed by atoms with Crippen molar-refractivity contribution in [2.24, 2.45) is 0 Å². The third kappa shape index (κ3) is 4.03. The zero-order valence-electron chi connectivity index (χ0n) is 10.9. The number of alkyl halides is 1. The Bertz CT molecular complexity index is 600. The SMILES string of the molecule is CC(Cl)C(=O)NCc1ncn(Cc2cccc(F)c2)n1. The van der Waals surface area contributed by atoms with Crippen molar-refractivity contribution in [3.8, 4) is 0 Å². The normalized spacial score (nSPS) is 12.2. The van der Waals surface area contributed by atoms with E-state index in [1.165, 1.54) is 18.5 Å². The van der Waals surface area contributed by atoms with Gasteiger partial charge >= 0.3 is 0 Å². The lowest BCUT2D eigenvalue weighted by Gasteiger charge is -2.03. The molecule has 5 nitrogen and oxygen atoms in total. The molecule has 1 N–H and O–H groups in total. The smallest absolute Gasteiger partial charge is 0.238 e. The van der Waals surface area contributed by atoms with Crippen LogP contribution in [-0.4, -0.2) is 26.0 Å². The van der Waals surface area contributed by atoms with Gasteiger partial charge in [0.25, 0.3) is 0 Å². The molecule has 0 spiro atoms. The Morgan fingerprint density at radius 1 is 1.55 bits per heavy atom. The molecule has 1 aromatic carbocycles. The monoisotopic (exact) mass is 296 g/mol. The van der Waals surface area contributed by atoms with Crippen LogP contribution in [0.4, 0.5) is 4.39 Å². The number of nitrogens with zero attached hydrogens (tertiary/aromatic N) is 3. The summed E-state index contributed by atoms with van der Waals surface area (Å²) >= 11 is 5.63. The fraction of sp³-hybridized carbons (Fsp3) is 0.308. The zero-order chi connectivity index (χ0) is 14.5. The largest absolute Gasteiger partial charge is 0.347 e. The van der Waals surface area contributed by atoms with E-state index >= 15 is 0 Å². The lowest BCUT2D eigenvalue weighted by atomic mass is 10.2. The minimum absolute atomic E-state index is 0.214. The standard InChI is InChI=1S/C13H14ClFN4O/c1-9(14)13(20)16-6-12-17-8-19(18-12)7-10-3-2-4-11(15)5-10/h2-5,8-9H,6-7H2,1H3,(H,16,20). The average molecular weight is 297 g/mol. The van der Waals surface area contributed by atoms with Crippen molar-refractivity contribution < 1.29 is 9.18 Å². The lowest BCUT2D eigenvalue weighted by molar-refractivity contribution is -0.120. The van der Waals surface area contributed by atoms with Gasteiger partial charge < -0.3 is 5.32 Å². The van der Waals surface area contributed by atoms with Gasteiger partial charge in [-0.3, -0.25) is 4.79 Å². The Morgan fingerprint density at radius 3 is 3.05 bits per heavy atom. The van der Waals surface area contributed by atoms with Crippen molar-refractivity contribution in [3.63, 3.8) is 0 Å². The summed E-state index contributed by atoms with van der Waals surface area (Å²) in [6.45, 7) is 2.23. The van der Waals surface area contributed by atoms with E-state index in [1.54, 1.807) is 23.7 Å². The van der Waals surface area contributed by atoms with Crippen molar-refractivity contribution in [1.29, 1.82) is 0 Å². The molecule has 20 heavy (non-hydrogen) atoms. The molecule has 0 bridgehead atoms. The van der Waals surface area contributed by atoms with Crippen LogP contribution in [0.3, 0.4) is 0 Å². The average Bonchev–Trinajstić information content (AvgIpc) is 2.83. The summed E-state index contributed by atoms with van der Waals surface area (Å²) in [5.41, 5.74) is 0.792. The molecular formula is C13H14ClFN4O. The quantitative estimate of drug-likeness (QED) is 0.855. The van der Waals surface area contributed by atoms with Crippen LogP contribution in [0.15, 0.2) is 30.6 Å². The van der Waals surface area contributed by atoms with Crippen LogP contribution in [0.5, 0.6) is 0 Å². The highest BCUT2D eigenvalue weighted by molar-refractivity contribution is 6.30. The Morgan fingerprint density at radius 2 is 2.35 bits per heavy atom. The summed E-state index contributed by atoms with van der Waals surface area (Å²) in [6.07, 6.45) is 1.54. The number of hydrogen-bond donors (Lipinski definition) is 1. The van der Waals surface area contributed by atoms with E-state index in [4.69, 9.17) is 11.6 Å². The number of hydrogen-bond acceptors (Lipinski definition) is 3. The van der Waals surface area contributed by atoms with Gasteiger partial charge in [0.15, 0.2) is 5.82 Å².